The van der Waals surface area contributed by atoms with E-state index in [1.165, 1.54) is 55.7 Å². The fourth-order valence-corrected chi connectivity index (χ4v) is 3.82. The molecule has 39 heavy (non-hydrogen) atoms. The summed E-state index contributed by atoms with van der Waals surface area (Å²) in [5.41, 5.74) is -0.0994. The summed E-state index contributed by atoms with van der Waals surface area (Å²) < 4.78 is 15.6. The van der Waals surface area contributed by atoms with Gasteiger partial charge in [-0.1, -0.05) is 23.7 Å². The molecule has 0 radical (unpaired) electrons. The lowest BCUT2D eigenvalue weighted by Gasteiger charge is -2.11. The van der Waals surface area contributed by atoms with Crippen molar-refractivity contribution in [3.05, 3.63) is 97.6 Å². The smallest absolute Gasteiger partial charge is 0.373 e. The van der Waals surface area contributed by atoms with Crippen molar-refractivity contribution in [3.63, 3.8) is 0 Å². The number of furan rings is 1. The van der Waals surface area contributed by atoms with Gasteiger partial charge in [-0.2, -0.15) is 0 Å². The quantitative estimate of drug-likeness (QED) is 0.129. The Hall–Kier alpha value is -5.17. The fraction of sp³-hybridized carbons (Fsp3) is 0.120. The molecule has 0 atom stereocenters. The van der Waals surface area contributed by atoms with Crippen LogP contribution < -0.4 is 10.1 Å². The first-order chi connectivity index (χ1) is 18.6. The zero-order valence-electron chi connectivity index (χ0n) is 20.0. The van der Waals surface area contributed by atoms with Gasteiger partial charge in [0, 0.05) is 16.7 Å². The molecule has 1 saturated heterocycles. The SMILES string of the molecule is COC(=O)c1ccc(CN2C(=O)N/C(=C\c3cc(Cl)cc([N+](=O)[O-])c3OCc3ccc(C(=O)O)cc3)C2=O)o1. The Labute approximate surface area is 224 Å². The maximum Gasteiger partial charge on any atom is 0.373 e. The minimum atomic E-state index is -1.11. The van der Waals surface area contributed by atoms with Crippen LogP contribution in [0.2, 0.25) is 5.02 Å². The molecule has 1 fully saturated rings. The van der Waals surface area contributed by atoms with Gasteiger partial charge in [0.2, 0.25) is 11.5 Å². The standard InChI is InChI=1S/C25H18ClN3O10/c1-37-24(33)20-7-6-17(39-20)11-28-22(30)18(27-25(28)34)9-15-8-16(26)10-19(29(35)36)21(15)38-12-13-2-4-14(5-3-13)23(31)32/h2-10H,11-12H2,1H3,(H,27,34)(H,31,32)/b18-9-. The molecule has 0 unspecified atom stereocenters. The minimum Gasteiger partial charge on any atom is -0.482 e. The van der Waals surface area contributed by atoms with E-state index in [9.17, 15) is 29.3 Å². The van der Waals surface area contributed by atoms with Gasteiger partial charge >= 0.3 is 23.7 Å². The average Bonchev–Trinajstić information content (AvgIpc) is 3.48. The lowest BCUT2D eigenvalue weighted by Crippen LogP contribution is -2.30. The second kappa shape index (κ2) is 11.1. The van der Waals surface area contributed by atoms with Gasteiger partial charge in [0.25, 0.3) is 5.91 Å². The Morgan fingerprint density at radius 3 is 2.54 bits per heavy atom. The molecular weight excluding hydrogens is 538 g/mol. The van der Waals surface area contributed by atoms with Crippen molar-refractivity contribution in [1.29, 1.82) is 0 Å². The number of esters is 1. The number of nitrogens with zero attached hydrogens (tertiary/aromatic N) is 2. The highest BCUT2D eigenvalue weighted by atomic mass is 35.5. The third-order valence-corrected chi connectivity index (χ3v) is 5.69. The highest BCUT2D eigenvalue weighted by Crippen LogP contribution is 2.37. The van der Waals surface area contributed by atoms with E-state index in [0.717, 1.165) is 11.0 Å². The predicted molar refractivity (Wildman–Crippen MR) is 133 cm³/mol. The Bertz CT molecular complexity index is 1530. The first kappa shape index (κ1) is 26.9. The van der Waals surface area contributed by atoms with E-state index in [1.54, 1.807) is 0 Å². The van der Waals surface area contributed by atoms with Gasteiger partial charge in [-0.05, 0) is 42.0 Å². The van der Waals surface area contributed by atoms with E-state index in [2.05, 4.69) is 10.1 Å². The summed E-state index contributed by atoms with van der Waals surface area (Å²) >= 11 is 6.08. The molecule has 0 bridgehead atoms. The second-order valence-corrected chi connectivity index (χ2v) is 8.46. The molecule has 3 aromatic rings. The number of hydrogen-bond acceptors (Lipinski definition) is 9. The van der Waals surface area contributed by atoms with E-state index < -0.39 is 34.5 Å². The molecule has 0 aliphatic carbocycles. The van der Waals surface area contributed by atoms with E-state index >= 15 is 0 Å². The summed E-state index contributed by atoms with van der Waals surface area (Å²) in [6, 6.07) is 10.0. The minimum absolute atomic E-state index is 0.0220. The van der Waals surface area contributed by atoms with E-state index in [1.807, 2.05) is 0 Å². The number of imide groups is 1. The van der Waals surface area contributed by atoms with Gasteiger partial charge in [0.05, 0.1) is 24.1 Å². The number of amides is 3. The second-order valence-electron chi connectivity index (χ2n) is 8.03. The Morgan fingerprint density at radius 2 is 1.90 bits per heavy atom. The number of nitrogens with one attached hydrogen (secondary N) is 1. The van der Waals surface area contributed by atoms with Crippen LogP contribution in [0.1, 0.15) is 37.8 Å². The van der Waals surface area contributed by atoms with Crippen molar-refractivity contribution in [3.8, 4) is 5.75 Å². The summed E-state index contributed by atoms with van der Waals surface area (Å²) in [6.07, 6.45) is 1.18. The highest BCUT2D eigenvalue weighted by Gasteiger charge is 2.35. The highest BCUT2D eigenvalue weighted by molar-refractivity contribution is 6.31. The first-order valence-electron chi connectivity index (χ1n) is 11.0. The Balaban J connectivity index is 1.61. The topological polar surface area (TPSA) is 179 Å². The molecule has 2 heterocycles. The van der Waals surface area contributed by atoms with Crippen molar-refractivity contribution in [1.82, 2.24) is 10.2 Å². The summed E-state index contributed by atoms with van der Waals surface area (Å²) in [4.78, 5) is 60.0. The zero-order valence-corrected chi connectivity index (χ0v) is 20.8. The Morgan fingerprint density at radius 1 is 1.18 bits per heavy atom. The van der Waals surface area contributed by atoms with Crippen LogP contribution in [0.25, 0.3) is 6.08 Å². The average molecular weight is 556 g/mol. The molecule has 200 valence electrons. The molecule has 1 aromatic heterocycles. The van der Waals surface area contributed by atoms with E-state index in [0.29, 0.717) is 5.56 Å². The van der Waals surface area contributed by atoms with Gasteiger partial charge in [0.15, 0.2) is 0 Å². The molecule has 0 saturated carbocycles. The zero-order chi connectivity index (χ0) is 28.3. The lowest BCUT2D eigenvalue weighted by molar-refractivity contribution is -0.385. The van der Waals surface area contributed by atoms with Crippen LogP contribution in [0.3, 0.4) is 0 Å². The maximum absolute atomic E-state index is 13.0. The summed E-state index contributed by atoms with van der Waals surface area (Å²) in [7, 11) is 1.17. The van der Waals surface area contributed by atoms with Crippen molar-refractivity contribution < 1.29 is 43.1 Å². The normalized spacial score (nSPS) is 13.9. The molecule has 2 N–H and O–H groups in total. The number of carboxylic acids is 1. The van der Waals surface area contributed by atoms with Gasteiger partial charge in [-0.25, -0.2) is 14.4 Å². The number of methoxy groups -OCH3 is 1. The first-order valence-corrected chi connectivity index (χ1v) is 11.4. The number of ether oxygens (including phenoxy) is 2. The number of halogens is 1. The summed E-state index contributed by atoms with van der Waals surface area (Å²) in [5, 5.41) is 23.1. The number of carbonyl (C=O) groups excluding carboxylic acids is 3. The maximum atomic E-state index is 13.0. The molecule has 4 rings (SSSR count). The van der Waals surface area contributed by atoms with Crippen LogP contribution in [0.4, 0.5) is 10.5 Å². The van der Waals surface area contributed by atoms with Crippen LogP contribution >= 0.6 is 11.6 Å². The summed E-state index contributed by atoms with van der Waals surface area (Å²) in [6.45, 7) is -0.476. The number of carbonyl (C=O) groups is 4. The number of nitro groups is 1. The third-order valence-electron chi connectivity index (χ3n) is 5.47. The lowest BCUT2D eigenvalue weighted by atomic mass is 10.1. The molecular formula is C25H18ClN3O10. The number of benzene rings is 2. The number of hydrogen-bond donors (Lipinski definition) is 2. The number of aromatic carboxylic acids is 1. The predicted octanol–water partition coefficient (Wildman–Crippen LogP) is 4.00. The number of urea groups is 1. The van der Waals surface area contributed by atoms with Crippen molar-refractivity contribution in [2.24, 2.45) is 0 Å². The van der Waals surface area contributed by atoms with Crippen molar-refractivity contribution >= 4 is 47.2 Å². The summed E-state index contributed by atoms with van der Waals surface area (Å²) in [5.74, 6) is -2.82. The number of carboxylic acid groups (broad SMARTS) is 1. The van der Waals surface area contributed by atoms with Crippen molar-refractivity contribution in [2.45, 2.75) is 13.2 Å². The Kier molecular flexibility index (Phi) is 7.63. The van der Waals surface area contributed by atoms with Crippen molar-refractivity contribution in [2.75, 3.05) is 7.11 Å². The van der Waals surface area contributed by atoms with Crippen LogP contribution in [-0.2, 0) is 22.7 Å². The molecule has 14 heteroatoms. The number of nitro benzene ring substituents is 1. The monoisotopic (exact) mass is 555 g/mol. The molecule has 0 spiro atoms. The molecule has 2 aromatic carbocycles. The van der Waals surface area contributed by atoms with Gasteiger partial charge in [-0.3, -0.25) is 19.8 Å². The van der Waals surface area contributed by atoms with E-state index in [4.69, 9.17) is 25.9 Å². The van der Waals surface area contributed by atoms with Crippen LogP contribution in [0.15, 0.2) is 58.6 Å². The number of rotatable bonds is 9. The van der Waals surface area contributed by atoms with E-state index in [-0.39, 0.29) is 52.3 Å². The third kappa shape index (κ3) is 5.88. The molecule has 1 aliphatic heterocycles. The fourth-order valence-electron chi connectivity index (χ4n) is 3.60. The van der Waals surface area contributed by atoms with Gasteiger partial charge in [0.1, 0.15) is 18.1 Å². The molecule has 1 aliphatic rings. The largest absolute Gasteiger partial charge is 0.482 e. The van der Waals surface area contributed by atoms with Crippen LogP contribution in [0, 0.1) is 10.1 Å². The van der Waals surface area contributed by atoms with Crippen LogP contribution in [-0.4, -0.2) is 45.9 Å². The van der Waals surface area contributed by atoms with Gasteiger partial charge in [-0.15, -0.1) is 0 Å². The van der Waals surface area contributed by atoms with Crippen LogP contribution in [0.5, 0.6) is 5.75 Å². The molecule has 13 nitrogen and oxygen atoms in total. The van der Waals surface area contributed by atoms with Gasteiger partial charge < -0.3 is 24.3 Å². The molecule has 3 amide bonds.